The molecule has 1 aromatic rings. The van der Waals surface area contributed by atoms with E-state index in [4.69, 9.17) is 10.5 Å². The lowest BCUT2D eigenvalue weighted by atomic mass is 10.1. The van der Waals surface area contributed by atoms with Gasteiger partial charge in [-0.05, 0) is 13.3 Å². The largest absolute Gasteiger partial charge is 0.388 e. The monoisotopic (exact) mass is 243 g/mol. The number of aromatic nitrogens is 2. The fourth-order valence-corrected chi connectivity index (χ4v) is 1.91. The molecule has 1 unspecified atom stereocenters. The van der Waals surface area contributed by atoms with Crippen LogP contribution in [0.2, 0.25) is 0 Å². The van der Waals surface area contributed by atoms with Gasteiger partial charge in [-0.3, -0.25) is 0 Å². The Morgan fingerprint density at radius 2 is 2.19 bits per heavy atom. The van der Waals surface area contributed by atoms with Crippen LogP contribution in [-0.2, 0) is 11.3 Å². The molecule has 2 N–H and O–H groups in total. The van der Waals surface area contributed by atoms with E-state index in [9.17, 15) is 0 Å². The van der Waals surface area contributed by atoms with Crippen molar-refractivity contribution in [3.63, 3.8) is 0 Å². The van der Waals surface area contributed by atoms with Gasteiger partial charge in [0.05, 0.1) is 12.7 Å². The van der Waals surface area contributed by atoms with Crippen LogP contribution < -0.4 is 5.73 Å². The number of hydrogen-bond acceptors (Lipinski definition) is 5. The van der Waals surface area contributed by atoms with Crippen LogP contribution in [0, 0.1) is 0 Å². The lowest BCUT2D eigenvalue weighted by molar-refractivity contribution is 0.0443. The van der Waals surface area contributed by atoms with E-state index in [0.717, 1.165) is 12.1 Å². The predicted molar refractivity (Wildman–Crippen MR) is 67.3 cm³/mol. The van der Waals surface area contributed by atoms with Gasteiger partial charge >= 0.3 is 0 Å². The second-order valence-corrected chi connectivity index (χ2v) is 4.84. The van der Waals surface area contributed by atoms with Crippen molar-refractivity contribution in [2.75, 3.05) is 5.73 Å². The summed E-state index contributed by atoms with van der Waals surface area (Å²) in [6.45, 7) is 4.80. The number of unbranched alkanes of at least 4 members (excludes halogenated alkanes) is 3. The Kier molecular flexibility index (Phi) is 6.33. The first-order valence-corrected chi connectivity index (χ1v) is 6.69. The van der Waals surface area contributed by atoms with Crippen molar-refractivity contribution >= 4 is 16.5 Å². The molecule has 0 amide bonds. The van der Waals surface area contributed by atoms with E-state index in [1.165, 1.54) is 37.2 Å². The number of ether oxygens (including phenoxy) is 1. The molecule has 5 heteroatoms. The highest BCUT2D eigenvalue weighted by Crippen LogP contribution is 2.15. The van der Waals surface area contributed by atoms with Crippen molar-refractivity contribution in [2.45, 2.75) is 58.7 Å². The molecule has 92 valence electrons. The lowest BCUT2D eigenvalue weighted by Crippen LogP contribution is -2.09. The highest BCUT2D eigenvalue weighted by Gasteiger charge is 2.07. The summed E-state index contributed by atoms with van der Waals surface area (Å²) in [5.41, 5.74) is 6.45. The first-order chi connectivity index (χ1) is 7.74. The highest BCUT2D eigenvalue weighted by atomic mass is 32.1. The third-order valence-electron chi connectivity index (χ3n) is 2.55. The zero-order chi connectivity index (χ0) is 11.8. The standard InChI is InChI=1S/C11H21N3OS/c1-3-4-5-6-7-9(2)15-8-10-11(12)16-14-13-10/h9H,3-8,12H2,1-2H3. The Balaban J connectivity index is 2.10. The summed E-state index contributed by atoms with van der Waals surface area (Å²) in [7, 11) is 0. The van der Waals surface area contributed by atoms with E-state index in [1.807, 2.05) is 0 Å². The second kappa shape index (κ2) is 7.57. The van der Waals surface area contributed by atoms with Gasteiger partial charge < -0.3 is 10.5 Å². The molecule has 0 fully saturated rings. The maximum Gasteiger partial charge on any atom is 0.133 e. The smallest absolute Gasteiger partial charge is 0.133 e. The summed E-state index contributed by atoms with van der Waals surface area (Å²) in [6, 6.07) is 0. The van der Waals surface area contributed by atoms with Crippen LogP contribution in [0.25, 0.3) is 0 Å². The minimum atomic E-state index is 0.276. The van der Waals surface area contributed by atoms with Crippen LogP contribution >= 0.6 is 11.5 Å². The third-order valence-corrected chi connectivity index (χ3v) is 3.15. The molecule has 0 aliphatic carbocycles. The number of rotatable bonds is 8. The molecule has 0 aromatic carbocycles. The minimum Gasteiger partial charge on any atom is -0.388 e. The SMILES string of the molecule is CCCCCCC(C)OCc1nnsc1N. The number of anilines is 1. The maximum atomic E-state index is 5.68. The van der Waals surface area contributed by atoms with Crippen molar-refractivity contribution in [1.29, 1.82) is 0 Å². The number of nitrogens with zero attached hydrogens (tertiary/aromatic N) is 2. The van der Waals surface area contributed by atoms with Crippen molar-refractivity contribution in [1.82, 2.24) is 9.59 Å². The van der Waals surface area contributed by atoms with Crippen LogP contribution in [0.15, 0.2) is 0 Å². The third kappa shape index (κ3) is 4.90. The van der Waals surface area contributed by atoms with Gasteiger partial charge in [0.25, 0.3) is 0 Å². The molecule has 1 rings (SSSR count). The van der Waals surface area contributed by atoms with Crippen molar-refractivity contribution < 1.29 is 4.74 Å². The first kappa shape index (κ1) is 13.4. The quantitative estimate of drug-likeness (QED) is 0.713. The molecule has 1 atom stereocenters. The van der Waals surface area contributed by atoms with E-state index in [0.29, 0.717) is 11.6 Å². The average molecular weight is 243 g/mol. The van der Waals surface area contributed by atoms with Gasteiger partial charge in [-0.2, -0.15) is 0 Å². The molecular weight excluding hydrogens is 222 g/mol. The fourth-order valence-electron chi connectivity index (χ4n) is 1.48. The topological polar surface area (TPSA) is 61.0 Å². The van der Waals surface area contributed by atoms with Gasteiger partial charge in [0, 0.05) is 11.5 Å². The van der Waals surface area contributed by atoms with Gasteiger partial charge in [0.1, 0.15) is 10.7 Å². The summed E-state index contributed by atoms with van der Waals surface area (Å²) >= 11 is 1.22. The molecule has 0 aliphatic rings. The molecular formula is C11H21N3OS. The summed E-state index contributed by atoms with van der Waals surface area (Å²) in [5, 5.41) is 4.58. The van der Waals surface area contributed by atoms with Crippen molar-refractivity contribution in [2.24, 2.45) is 0 Å². The molecule has 1 heterocycles. The Morgan fingerprint density at radius 1 is 1.38 bits per heavy atom. The Morgan fingerprint density at radius 3 is 2.81 bits per heavy atom. The zero-order valence-electron chi connectivity index (χ0n) is 10.1. The molecule has 4 nitrogen and oxygen atoms in total. The zero-order valence-corrected chi connectivity index (χ0v) is 10.9. The first-order valence-electron chi connectivity index (χ1n) is 5.92. The number of hydrogen-bond donors (Lipinski definition) is 1. The molecule has 16 heavy (non-hydrogen) atoms. The van der Waals surface area contributed by atoms with Gasteiger partial charge in [0.15, 0.2) is 0 Å². The van der Waals surface area contributed by atoms with Crippen LogP contribution in [0.3, 0.4) is 0 Å². The van der Waals surface area contributed by atoms with Gasteiger partial charge in [-0.1, -0.05) is 37.1 Å². The number of nitrogen functional groups attached to an aromatic ring is 1. The minimum absolute atomic E-state index is 0.276. The Hall–Kier alpha value is -0.680. The predicted octanol–water partition coefficient (Wildman–Crippen LogP) is 3.00. The van der Waals surface area contributed by atoms with Crippen molar-refractivity contribution in [3.05, 3.63) is 5.69 Å². The number of nitrogens with two attached hydrogens (primary N) is 1. The summed E-state index contributed by atoms with van der Waals surface area (Å²) < 4.78 is 9.44. The normalized spacial score (nSPS) is 12.9. The molecule has 0 saturated heterocycles. The van der Waals surface area contributed by atoms with Gasteiger partial charge in [-0.15, -0.1) is 5.10 Å². The summed E-state index contributed by atoms with van der Waals surface area (Å²) in [5.74, 6) is 0. The highest BCUT2D eigenvalue weighted by molar-refractivity contribution is 7.09. The van der Waals surface area contributed by atoms with E-state index in [2.05, 4.69) is 23.4 Å². The summed E-state index contributed by atoms with van der Waals surface area (Å²) in [4.78, 5) is 0. The fraction of sp³-hybridized carbons (Fsp3) is 0.818. The molecule has 0 radical (unpaired) electrons. The lowest BCUT2D eigenvalue weighted by Gasteiger charge is -2.11. The van der Waals surface area contributed by atoms with Crippen LogP contribution in [0.4, 0.5) is 5.00 Å². The molecule has 0 spiro atoms. The summed E-state index contributed by atoms with van der Waals surface area (Å²) in [6.07, 6.45) is 6.51. The van der Waals surface area contributed by atoms with E-state index in [-0.39, 0.29) is 6.10 Å². The van der Waals surface area contributed by atoms with Gasteiger partial charge in [-0.25, -0.2) is 0 Å². The molecule has 0 aliphatic heterocycles. The maximum absolute atomic E-state index is 5.68. The average Bonchev–Trinajstić information content (AvgIpc) is 2.67. The molecule has 1 aromatic heterocycles. The van der Waals surface area contributed by atoms with E-state index in [1.54, 1.807) is 0 Å². The Labute approximate surface area is 101 Å². The molecule has 0 bridgehead atoms. The van der Waals surface area contributed by atoms with E-state index < -0.39 is 0 Å². The van der Waals surface area contributed by atoms with Crippen LogP contribution in [0.1, 0.15) is 51.6 Å². The second-order valence-electron chi connectivity index (χ2n) is 4.05. The van der Waals surface area contributed by atoms with E-state index >= 15 is 0 Å². The molecule has 0 saturated carbocycles. The van der Waals surface area contributed by atoms with Crippen molar-refractivity contribution in [3.8, 4) is 0 Å². The van der Waals surface area contributed by atoms with Crippen LogP contribution in [-0.4, -0.2) is 15.7 Å². The van der Waals surface area contributed by atoms with Crippen LogP contribution in [0.5, 0.6) is 0 Å². The Bertz CT molecular complexity index is 291. The van der Waals surface area contributed by atoms with Gasteiger partial charge in [0.2, 0.25) is 0 Å².